The molecule has 1 heterocycles. The fourth-order valence-corrected chi connectivity index (χ4v) is 4.56. The van der Waals surface area contributed by atoms with Gasteiger partial charge in [-0.2, -0.15) is 0 Å². The topological polar surface area (TPSA) is 75.2 Å². The molecule has 4 rings (SSSR count). The van der Waals surface area contributed by atoms with E-state index >= 15 is 0 Å². The van der Waals surface area contributed by atoms with Crippen molar-refractivity contribution in [2.45, 2.75) is 51.6 Å². The van der Waals surface area contributed by atoms with Crippen LogP contribution in [-0.4, -0.2) is 27.4 Å². The monoisotopic (exact) mass is 434 g/mol. The molecular weight excluding hydrogens is 408 g/mol. The molecule has 1 aliphatic carbocycles. The molecule has 0 saturated heterocycles. The highest BCUT2D eigenvalue weighted by atomic mass is 32.1. The maximum Gasteiger partial charge on any atom is 0.280 e. The number of nitrogens with one attached hydrogen (secondary N) is 1. The Balaban J connectivity index is 1.83. The van der Waals surface area contributed by atoms with Crippen LogP contribution in [0.1, 0.15) is 58.9 Å². The molecule has 1 atom stereocenters. The summed E-state index contributed by atoms with van der Waals surface area (Å²) in [6, 6.07) is 14.7. The van der Waals surface area contributed by atoms with Gasteiger partial charge >= 0.3 is 0 Å². The number of benzene rings is 2. The average Bonchev–Trinajstić information content (AvgIpc) is 3.48. The number of rotatable bonds is 6. The van der Waals surface area contributed by atoms with Gasteiger partial charge in [0.1, 0.15) is 6.04 Å². The average molecular weight is 435 g/mol. The molecule has 160 valence electrons. The Bertz CT molecular complexity index is 1050. The van der Waals surface area contributed by atoms with E-state index in [4.69, 9.17) is 0 Å². The van der Waals surface area contributed by atoms with E-state index in [-0.39, 0.29) is 23.6 Å². The van der Waals surface area contributed by atoms with Crippen LogP contribution in [0.5, 0.6) is 0 Å². The van der Waals surface area contributed by atoms with Crippen LogP contribution in [-0.2, 0) is 4.79 Å². The Labute approximate surface area is 186 Å². The highest BCUT2D eigenvalue weighted by Crippen LogP contribution is 2.33. The quantitative estimate of drug-likeness (QED) is 0.615. The largest absolute Gasteiger partial charge is 0.351 e. The summed E-state index contributed by atoms with van der Waals surface area (Å²) in [4.78, 5) is 28.9. The molecule has 2 amide bonds. The van der Waals surface area contributed by atoms with Crippen LogP contribution in [0.25, 0.3) is 0 Å². The van der Waals surface area contributed by atoms with Gasteiger partial charge in [0, 0.05) is 17.1 Å². The zero-order chi connectivity index (χ0) is 21.8. The summed E-state index contributed by atoms with van der Waals surface area (Å²) in [5, 5.41) is 8.82. The van der Waals surface area contributed by atoms with Crippen LogP contribution in [0.2, 0.25) is 0 Å². The first-order chi connectivity index (χ1) is 15.0. The maximum absolute atomic E-state index is 13.7. The highest BCUT2D eigenvalue weighted by molar-refractivity contribution is 7.03. The normalized spacial score (nSPS) is 14.9. The molecule has 2 aromatic carbocycles. The maximum atomic E-state index is 13.7. The highest BCUT2D eigenvalue weighted by Gasteiger charge is 2.36. The molecule has 0 spiro atoms. The van der Waals surface area contributed by atoms with Crippen LogP contribution >= 0.6 is 11.5 Å². The van der Waals surface area contributed by atoms with Crippen molar-refractivity contribution in [3.63, 3.8) is 0 Å². The van der Waals surface area contributed by atoms with Gasteiger partial charge in [-0.15, -0.1) is 5.10 Å². The van der Waals surface area contributed by atoms with Crippen molar-refractivity contribution in [3.05, 3.63) is 76.3 Å². The summed E-state index contributed by atoms with van der Waals surface area (Å²) in [7, 11) is 0. The lowest BCUT2D eigenvalue weighted by Crippen LogP contribution is -2.46. The lowest BCUT2D eigenvalue weighted by atomic mass is 10.00. The minimum absolute atomic E-state index is 0.148. The van der Waals surface area contributed by atoms with Crippen LogP contribution < -0.4 is 10.2 Å². The minimum atomic E-state index is -0.809. The lowest BCUT2D eigenvalue weighted by Gasteiger charge is -2.33. The molecule has 1 saturated carbocycles. The predicted octanol–water partition coefficient (Wildman–Crippen LogP) is 4.60. The molecule has 1 aromatic heterocycles. The van der Waals surface area contributed by atoms with Crippen molar-refractivity contribution >= 4 is 29.0 Å². The third-order valence-electron chi connectivity index (χ3n) is 5.75. The summed E-state index contributed by atoms with van der Waals surface area (Å²) in [5.41, 5.74) is 3.62. The number of hydrogen-bond acceptors (Lipinski definition) is 5. The first kappa shape index (κ1) is 21.2. The second kappa shape index (κ2) is 9.39. The summed E-state index contributed by atoms with van der Waals surface area (Å²) < 4.78 is 3.86. The molecule has 1 fully saturated rings. The Hall–Kier alpha value is -3.06. The Morgan fingerprint density at radius 2 is 1.84 bits per heavy atom. The van der Waals surface area contributed by atoms with Crippen molar-refractivity contribution in [1.29, 1.82) is 0 Å². The molecule has 6 nitrogen and oxygen atoms in total. The molecule has 0 aliphatic heterocycles. The summed E-state index contributed by atoms with van der Waals surface area (Å²) in [6.07, 6.45) is 4.18. The molecule has 1 N–H and O–H groups in total. The van der Waals surface area contributed by atoms with Gasteiger partial charge in [0.25, 0.3) is 5.91 Å². The number of carbonyl (C=O) groups excluding carboxylic acids is 2. The van der Waals surface area contributed by atoms with Crippen molar-refractivity contribution in [1.82, 2.24) is 14.9 Å². The number of aromatic nitrogens is 2. The van der Waals surface area contributed by atoms with Crippen LogP contribution in [0.3, 0.4) is 0 Å². The number of aryl methyl sites for hydroxylation is 2. The van der Waals surface area contributed by atoms with E-state index in [0.29, 0.717) is 5.69 Å². The first-order valence-electron chi connectivity index (χ1n) is 10.6. The van der Waals surface area contributed by atoms with Gasteiger partial charge in [-0.25, -0.2) is 0 Å². The van der Waals surface area contributed by atoms with E-state index in [9.17, 15) is 9.59 Å². The van der Waals surface area contributed by atoms with Gasteiger partial charge in [0.15, 0.2) is 5.69 Å². The fourth-order valence-electron chi connectivity index (χ4n) is 4.13. The number of nitrogens with zero attached hydrogens (tertiary/aromatic N) is 3. The standard InChI is InChI=1S/C24H26N4O2S/c1-16-12-13-17(2)21(14-16)28(24(30)20-15-31-27-26-20)22(18-8-4-3-5-9-18)23(29)25-19-10-6-7-11-19/h3-5,8-9,12-15,19,22H,6-7,10-11H2,1-2H3,(H,25,29). The van der Waals surface area contributed by atoms with E-state index in [2.05, 4.69) is 14.9 Å². The number of amides is 2. The van der Waals surface area contributed by atoms with E-state index in [1.165, 1.54) is 0 Å². The molecule has 31 heavy (non-hydrogen) atoms. The second-order valence-corrected chi connectivity index (χ2v) is 8.67. The SMILES string of the molecule is Cc1ccc(C)c(N(C(=O)c2csnn2)C(C(=O)NC2CCCC2)c2ccccc2)c1. The second-order valence-electron chi connectivity index (χ2n) is 8.06. The third-order valence-corrected chi connectivity index (χ3v) is 6.25. The summed E-state index contributed by atoms with van der Waals surface area (Å²) >= 11 is 1.12. The zero-order valence-electron chi connectivity index (χ0n) is 17.7. The van der Waals surface area contributed by atoms with Gasteiger partial charge in [-0.3, -0.25) is 14.5 Å². The van der Waals surface area contributed by atoms with Crippen LogP contribution in [0, 0.1) is 13.8 Å². The lowest BCUT2D eigenvalue weighted by molar-refractivity contribution is -0.123. The minimum Gasteiger partial charge on any atom is -0.351 e. The molecular formula is C24H26N4O2S. The van der Waals surface area contributed by atoms with Gasteiger partial charge < -0.3 is 5.32 Å². The van der Waals surface area contributed by atoms with E-state index in [0.717, 1.165) is 53.9 Å². The predicted molar refractivity (Wildman–Crippen MR) is 122 cm³/mol. The van der Waals surface area contributed by atoms with Crippen LogP contribution in [0.15, 0.2) is 53.9 Å². The molecule has 0 bridgehead atoms. The van der Waals surface area contributed by atoms with Crippen molar-refractivity contribution < 1.29 is 9.59 Å². The Morgan fingerprint density at radius 3 is 2.52 bits per heavy atom. The third kappa shape index (κ3) is 4.66. The fraction of sp³-hybridized carbons (Fsp3) is 0.333. The summed E-state index contributed by atoms with van der Waals surface area (Å²) in [5.74, 6) is -0.506. The van der Waals surface area contributed by atoms with Crippen molar-refractivity contribution in [3.8, 4) is 0 Å². The molecule has 3 aromatic rings. The van der Waals surface area contributed by atoms with E-state index < -0.39 is 6.04 Å². The number of anilines is 1. The zero-order valence-corrected chi connectivity index (χ0v) is 18.6. The number of carbonyl (C=O) groups is 2. The molecule has 0 radical (unpaired) electrons. The number of hydrogen-bond donors (Lipinski definition) is 1. The van der Waals surface area contributed by atoms with Gasteiger partial charge in [0.05, 0.1) is 0 Å². The van der Waals surface area contributed by atoms with Gasteiger partial charge in [0.2, 0.25) is 5.91 Å². The van der Waals surface area contributed by atoms with Gasteiger partial charge in [-0.1, -0.05) is 59.8 Å². The molecule has 7 heteroatoms. The van der Waals surface area contributed by atoms with Crippen LogP contribution in [0.4, 0.5) is 5.69 Å². The summed E-state index contributed by atoms with van der Waals surface area (Å²) in [6.45, 7) is 3.93. The van der Waals surface area contributed by atoms with Crippen molar-refractivity contribution in [2.75, 3.05) is 4.90 Å². The van der Waals surface area contributed by atoms with Gasteiger partial charge in [-0.05, 0) is 61.0 Å². The van der Waals surface area contributed by atoms with Crippen molar-refractivity contribution in [2.24, 2.45) is 0 Å². The smallest absolute Gasteiger partial charge is 0.280 e. The molecule has 1 unspecified atom stereocenters. The van der Waals surface area contributed by atoms with E-state index in [1.807, 2.05) is 62.4 Å². The Kier molecular flexibility index (Phi) is 6.42. The van der Waals surface area contributed by atoms with E-state index in [1.54, 1.807) is 10.3 Å². The molecule has 1 aliphatic rings. The Morgan fingerprint density at radius 1 is 1.10 bits per heavy atom. The first-order valence-corrected chi connectivity index (χ1v) is 11.4.